The van der Waals surface area contributed by atoms with Gasteiger partial charge < -0.3 is 14.8 Å². The van der Waals surface area contributed by atoms with Crippen LogP contribution in [-0.2, 0) is 14.3 Å². The van der Waals surface area contributed by atoms with E-state index in [0.29, 0.717) is 30.9 Å². The van der Waals surface area contributed by atoms with Gasteiger partial charge in [-0.05, 0) is 44.4 Å². The van der Waals surface area contributed by atoms with Crippen LogP contribution in [0.25, 0.3) is 0 Å². The van der Waals surface area contributed by atoms with Gasteiger partial charge in [0.1, 0.15) is 11.3 Å². The minimum Gasteiger partial charge on any atom is -0.495 e. The zero-order valence-corrected chi connectivity index (χ0v) is 14.6. The number of carbonyl (C=O) groups is 2. The second-order valence-corrected chi connectivity index (χ2v) is 6.12. The Morgan fingerprint density at radius 2 is 1.96 bits per heavy atom. The van der Waals surface area contributed by atoms with Crippen molar-refractivity contribution in [2.24, 2.45) is 0 Å². The molecule has 0 spiro atoms. The number of rotatable bonds is 7. The summed E-state index contributed by atoms with van der Waals surface area (Å²) < 4.78 is 10.4. The molecule has 0 radical (unpaired) electrons. The molecule has 2 N–H and O–H groups in total. The molecule has 1 saturated carbocycles. The summed E-state index contributed by atoms with van der Waals surface area (Å²) in [6, 6.07) is 5.59. The maximum Gasteiger partial charge on any atom is 0.326 e. The normalized spacial score (nSPS) is 15.8. The van der Waals surface area contributed by atoms with E-state index in [1.54, 1.807) is 14.0 Å². The Hall–Kier alpha value is -2.08. The molecular formula is C18H26N2O4. The number of ether oxygens (including phenoxy) is 2. The molecule has 1 aromatic rings. The molecular weight excluding hydrogens is 308 g/mol. The first kappa shape index (κ1) is 18.3. The fraction of sp³-hybridized carbons (Fsp3) is 0.556. The molecule has 0 aromatic heterocycles. The smallest absolute Gasteiger partial charge is 0.326 e. The van der Waals surface area contributed by atoms with Gasteiger partial charge in [-0.1, -0.05) is 18.9 Å². The lowest BCUT2D eigenvalue weighted by Gasteiger charge is -2.27. The third-order valence-corrected chi connectivity index (χ3v) is 4.34. The topological polar surface area (TPSA) is 76.7 Å². The fourth-order valence-electron chi connectivity index (χ4n) is 3.06. The Kier molecular flexibility index (Phi) is 6.20. The Morgan fingerprint density at radius 3 is 2.58 bits per heavy atom. The largest absolute Gasteiger partial charge is 0.495 e. The van der Waals surface area contributed by atoms with Gasteiger partial charge in [0.05, 0.1) is 25.9 Å². The molecule has 1 aromatic carbocycles. The number of benzene rings is 1. The van der Waals surface area contributed by atoms with Crippen LogP contribution >= 0.6 is 0 Å². The molecule has 0 saturated heterocycles. The summed E-state index contributed by atoms with van der Waals surface area (Å²) in [5, 5.41) is 5.96. The molecule has 1 aliphatic carbocycles. The molecule has 0 bridgehead atoms. The summed E-state index contributed by atoms with van der Waals surface area (Å²) in [6.45, 7) is 4.13. The van der Waals surface area contributed by atoms with Crippen molar-refractivity contribution in [3.63, 3.8) is 0 Å². The van der Waals surface area contributed by atoms with Crippen LogP contribution in [-0.4, -0.2) is 37.7 Å². The number of amides is 1. The van der Waals surface area contributed by atoms with Crippen LogP contribution in [0.3, 0.4) is 0 Å². The highest BCUT2D eigenvalue weighted by Crippen LogP contribution is 2.31. The van der Waals surface area contributed by atoms with Crippen molar-refractivity contribution in [2.45, 2.75) is 45.1 Å². The van der Waals surface area contributed by atoms with E-state index in [-0.39, 0.29) is 18.4 Å². The number of nitrogens with one attached hydrogen (secondary N) is 2. The van der Waals surface area contributed by atoms with Crippen molar-refractivity contribution >= 4 is 17.6 Å². The molecule has 0 aliphatic heterocycles. The highest BCUT2D eigenvalue weighted by Gasteiger charge is 2.42. The van der Waals surface area contributed by atoms with Gasteiger partial charge in [0, 0.05) is 0 Å². The number of hydrogen-bond acceptors (Lipinski definition) is 5. The maximum atomic E-state index is 12.3. The number of hydrogen-bond donors (Lipinski definition) is 2. The molecule has 0 atom stereocenters. The number of anilines is 1. The maximum absolute atomic E-state index is 12.3. The third-order valence-electron chi connectivity index (χ3n) is 4.34. The number of carbonyl (C=O) groups excluding carboxylic acids is 2. The van der Waals surface area contributed by atoms with Gasteiger partial charge in [-0.3, -0.25) is 14.9 Å². The van der Waals surface area contributed by atoms with E-state index >= 15 is 0 Å². The molecule has 1 aliphatic rings. The number of methoxy groups -OCH3 is 1. The second kappa shape index (κ2) is 8.15. The van der Waals surface area contributed by atoms with Crippen LogP contribution in [0.4, 0.5) is 5.69 Å². The van der Waals surface area contributed by atoms with Crippen LogP contribution in [0.2, 0.25) is 0 Å². The molecule has 1 fully saturated rings. The van der Waals surface area contributed by atoms with E-state index in [9.17, 15) is 9.59 Å². The van der Waals surface area contributed by atoms with E-state index in [1.807, 2.05) is 25.1 Å². The average Bonchev–Trinajstić information content (AvgIpc) is 3.04. The van der Waals surface area contributed by atoms with Crippen LogP contribution in [0.15, 0.2) is 18.2 Å². The van der Waals surface area contributed by atoms with Crippen molar-refractivity contribution in [1.29, 1.82) is 0 Å². The first-order valence-corrected chi connectivity index (χ1v) is 8.37. The van der Waals surface area contributed by atoms with Gasteiger partial charge in [0.25, 0.3) is 0 Å². The Morgan fingerprint density at radius 1 is 1.25 bits per heavy atom. The molecule has 132 valence electrons. The van der Waals surface area contributed by atoms with Gasteiger partial charge in [-0.15, -0.1) is 0 Å². The van der Waals surface area contributed by atoms with Crippen LogP contribution < -0.4 is 15.4 Å². The lowest BCUT2D eigenvalue weighted by molar-refractivity contribution is -0.151. The Bertz CT molecular complexity index is 595. The Labute approximate surface area is 142 Å². The average molecular weight is 334 g/mol. The summed E-state index contributed by atoms with van der Waals surface area (Å²) in [7, 11) is 1.56. The minimum absolute atomic E-state index is 0.0515. The predicted octanol–water partition coefficient (Wildman–Crippen LogP) is 2.41. The quantitative estimate of drug-likeness (QED) is 0.749. The van der Waals surface area contributed by atoms with Gasteiger partial charge >= 0.3 is 5.97 Å². The zero-order valence-electron chi connectivity index (χ0n) is 14.6. The summed E-state index contributed by atoms with van der Waals surface area (Å²) in [6.07, 6.45) is 3.32. The van der Waals surface area contributed by atoms with Gasteiger partial charge in [-0.25, -0.2) is 0 Å². The lowest BCUT2D eigenvalue weighted by atomic mass is 9.98. The molecule has 0 unspecified atom stereocenters. The van der Waals surface area contributed by atoms with E-state index in [0.717, 1.165) is 18.4 Å². The van der Waals surface area contributed by atoms with Crippen LogP contribution in [0.1, 0.15) is 38.2 Å². The van der Waals surface area contributed by atoms with Crippen molar-refractivity contribution in [3.8, 4) is 5.75 Å². The van der Waals surface area contributed by atoms with E-state index in [1.165, 1.54) is 0 Å². The van der Waals surface area contributed by atoms with Crippen LogP contribution in [0.5, 0.6) is 5.75 Å². The van der Waals surface area contributed by atoms with Crippen LogP contribution in [0, 0.1) is 6.92 Å². The van der Waals surface area contributed by atoms with Gasteiger partial charge in [0.15, 0.2) is 0 Å². The minimum atomic E-state index is -0.732. The SMILES string of the molecule is CCOC(=O)C1(NCC(=O)Nc2cc(C)ccc2OC)CCCC1. The van der Waals surface area contributed by atoms with Crippen molar-refractivity contribution in [2.75, 3.05) is 25.6 Å². The summed E-state index contributed by atoms with van der Waals surface area (Å²) >= 11 is 0. The first-order chi connectivity index (χ1) is 11.5. The highest BCUT2D eigenvalue weighted by atomic mass is 16.5. The molecule has 6 nitrogen and oxygen atoms in total. The number of esters is 1. The van der Waals surface area contributed by atoms with Gasteiger partial charge in [-0.2, -0.15) is 0 Å². The predicted molar refractivity (Wildman–Crippen MR) is 92.2 cm³/mol. The number of aryl methyl sites for hydroxylation is 1. The molecule has 0 heterocycles. The summed E-state index contributed by atoms with van der Waals surface area (Å²) in [5.41, 5.74) is 0.920. The molecule has 2 rings (SSSR count). The zero-order chi connectivity index (χ0) is 17.6. The highest BCUT2D eigenvalue weighted by molar-refractivity contribution is 5.94. The Balaban J connectivity index is 1.99. The monoisotopic (exact) mass is 334 g/mol. The standard InChI is InChI=1S/C18H26N2O4/c1-4-24-17(22)18(9-5-6-10-18)19-12-16(21)20-14-11-13(2)7-8-15(14)23-3/h7-8,11,19H,4-6,9-10,12H2,1-3H3,(H,20,21). The van der Waals surface area contributed by atoms with Crippen molar-refractivity contribution in [3.05, 3.63) is 23.8 Å². The molecule has 6 heteroatoms. The summed E-state index contributed by atoms with van der Waals surface area (Å²) in [5.74, 6) is 0.132. The third kappa shape index (κ3) is 4.26. The summed E-state index contributed by atoms with van der Waals surface area (Å²) in [4.78, 5) is 24.5. The van der Waals surface area contributed by atoms with E-state index in [2.05, 4.69) is 10.6 Å². The van der Waals surface area contributed by atoms with Gasteiger partial charge in [0.2, 0.25) is 5.91 Å². The van der Waals surface area contributed by atoms with E-state index < -0.39 is 5.54 Å². The van der Waals surface area contributed by atoms with Crippen molar-refractivity contribution in [1.82, 2.24) is 5.32 Å². The lowest BCUT2D eigenvalue weighted by Crippen LogP contribution is -2.53. The van der Waals surface area contributed by atoms with E-state index in [4.69, 9.17) is 9.47 Å². The second-order valence-electron chi connectivity index (χ2n) is 6.12. The fourth-order valence-corrected chi connectivity index (χ4v) is 3.06. The van der Waals surface area contributed by atoms with Crippen molar-refractivity contribution < 1.29 is 19.1 Å². The molecule has 24 heavy (non-hydrogen) atoms. The molecule has 1 amide bonds. The first-order valence-electron chi connectivity index (χ1n) is 8.37.